The number of nitrogens with zero attached hydrogens (tertiary/aromatic N) is 1. The van der Waals surface area contributed by atoms with Crippen LogP contribution >= 0.6 is 46.3 Å². The number of carbonyl (C=O) groups is 1. The maximum absolute atomic E-state index is 13.9. The third-order valence-corrected chi connectivity index (χ3v) is 8.75. The first-order chi connectivity index (χ1) is 19.3. The highest BCUT2D eigenvalue weighted by Crippen LogP contribution is 2.53. The molecule has 0 spiro atoms. The highest BCUT2D eigenvalue weighted by atomic mass is 35.5. The van der Waals surface area contributed by atoms with Gasteiger partial charge in [-0.05, 0) is 78.3 Å². The van der Waals surface area contributed by atoms with Crippen LogP contribution in [0.2, 0.25) is 15.1 Å². The van der Waals surface area contributed by atoms with Gasteiger partial charge in [-0.25, -0.2) is 9.18 Å². The van der Waals surface area contributed by atoms with E-state index in [2.05, 4.69) is 4.37 Å². The molecule has 0 aliphatic heterocycles. The summed E-state index contributed by atoms with van der Waals surface area (Å²) in [6.07, 6.45) is -4.37. The topological polar surface area (TPSA) is 79.7 Å². The molecular formula is C28H18Cl3F4NO4S. The fourth-order valence-corrected chi connectivity index (χ4v) is 6.56. The number of aromatic carboxylic acids is 1. The van der Waals surface area contributed by atoms with Crippen molar-refractivity contribution in [3.8, 4) is 17.0 Å². The molecule has 1 heterocycles. The molecule has 1 fully saturated rings. The van der Waals surface area contributed by atoms with Gasteiger partial charge in [0.25, 0.3) is 0 Å². The standard InChI is InChI=1S/C28H18Cl3F4NO4S/c29-20-2-1-3-21(30)23(20)24-18(25(41-36-24)28(33,34)35)12-40-17-4-5-19(22(31)9-17)27(39)10-15(11-27)13-6-14(26(37)38)8-16(32)7-13/h1-9,15,39H,10-12H2,(H,37,38). The number of rotatable bonds is 7. The van der Waals surface area contributed by atoms with Crippen LogP contribution in [-0.2, 0) is 18.4 Å². The van der Waals surface area contributed by atoms with E-state index in [4.69, 9.17) is 39.5 Å². The van der Waals surface area contributed by atoms with E-state index in [9.17, 15) is 32.6 Å². The van der Waals surface area contributed by atoms with E-state index in [1.807, 2.05) is 0 Å². The minimum absolute atomic E-state index is 0.0427. The molecule has 0 amide bonds. The molecule has 1 aliphatic carbocycles. The van der Waals surface area contributed by atoms with Crippen LogP contribution in [0.5, 0.6) is 5.75 Å². The zero-order chi connectivity index (χ0) is 29.7. The molecule has 13 heteroatoms. The van der Waals surface area contributed by atoms with E-state index >= 15 is 0 Å². The molecule has 0 atom stereocenters. The number of carboxylic acid groups (broad SMARTS) is 1. The molecule has 1 saturated carbocycles. The number of aliphatic hydroxyl groups is 1. The van der Waals surface area contributed by atoms with E-state index in [-0.39, 0.29) is 73.5 Å². The van der Waals surface area contributed by atoms with E-state index in [1.165, 1.54) is 42.5 Å². The minimum atomic E-state index is -4.69. The van der Waals surface area contributed by atoms with Gasteiger partial charge in [0.2, 0.25) is 0 Å². The van der Waals surface area contributed by atoms with Crippen LogP contribution in [0.1, 0.15) is 50.7 Å². The molecule has 0 unspecified atom stereocenters. The Hall–Kier alpha value is -2.89. The number of hydrogen-bond donors (Lipinski definition) is 2. The summed E-state index contributed by atoms with van der Waals surface area (Å²) in [6, 6.07) is 12.4. The van der Waals surface area contributed by atoms with Crippen molar-refractivity contribution in [3.05, 3.63) is 103 Å². The van der Waals surface area contributed by atoms with E-state index in [0.29, 0.717) is 11.1 Å². The van der Waals surface area contributed by atoms with Crippen molar-refractivity contribution in [2.45, 2.75) is 37.1 Å². The summed E-state index contributed by atoms with van der Waals surface area (Å²) < 4.78 is 64.9. The van der Waals surface area contributed by atoms with Crippen molar-refractivity contribution >= 4 is 52.3 Å². The molecule has 1 aliphatic rings. The molecule has 214 valence electrons. The zero-order valence-corrected chi connectivity index (χ0v) is 23.7. The lowest BCUT2D eigenvalue weighted by molar-refractivity contribution is -0.135. The molecule has 5 rings (SSSR count). The third-order valence-electron chi connectivity index (χ3n) is 6.88. The van der Waals surface area contributed by atoms with E-state index in [1.54, 1.807) is 6.07 Å². The lowest BCUT2D eigenvalue weighted by Gasteiger charge is -2.44. The van der Waals surface area contributed by atoms with Gasteiger partial charge < -0.3 is 14.9 Å². The molecular weight excluding hydrogens is 629 g/mol. The smallest absolute Gasteiger partial charge is 0.427 e. The first-order valence-corrected chi connectivity index (χ1v) is 13.9. The Kier molecular flexibility index (Phi) is 7.99. The highest BCUT2D eigenvalue weighted by molar-refractivity contribution is 7.06. The Labute approximate surface area is 250 Å². The Morgan fingerprint density at radius 1 is 1.05 bits per heavy atom. The summed E-state index contributed by atoms with van der Waals surface area (Å²) >= 11 is 19.2. The van der Waals surface area contributed by atoms with Crippen LogP contribution in [0, 0.1) is 5.82 Å². The lowest BCUT2D eigenvalue weighted by Crippen LogP contribution is -2.40. The molecule has 3 aromatic carbocycles. The fraction of sp³-hybridized carbons (Fsp3) is 0.214. The lowest BCUT2D eigenvalue weighted by atomic mass is 9.65. The summed E-state index contributed by atoms with van der Waals surface area (Å²) in [4.78, 5) is 10.3. The van der Waals surface area contributed by atoms with Gasteiger partial charge in [0.05, 0.1) is 31.9 Å². The van der Waals surface area contributed by atoms with Crippen molar-refractivity contribution in [1.29, 1.82) is 0 Å². The zero-order valence-electron chi connectivity index (χ0n) is 20.6. The first-order valence-electron chi connectivity index (χ1n) is 12.0. The summed E-state index contributed by atoms with van der Waals surface area (Å²) in [5, 5.41) is 20.7. The SMILES string of the molecule is O=C(O)c1cc(F)cc(C2CC(O)(c3ccc(OCc4c(-c5c(Cl)cccc5Cl)nsc4C(F)(F)F)cc3Cl)C2)c1. The average molecular weight is 647 g/mol. The van der Waals surface area contributed by atoms with Crippen molar-refractivity contribution < 1.29 is 37.3 Å². The average Bonchev–Trinajstić information content (AvgIpc) is 3.29. The molecule has 0 radical (unpaired) electrons. The highest BCUT2D eigenvalue weighted by Gasteiger charge is 2.46. The number of hydrogen-bond acceptors (Lipinski definition) is 5. The number of halogens is 7. The van der Waals surface area contributed by atoms with Gasteiger partial charge in [-0.15, -0.1) is 0 Å². The predicted octanol–water partition coefficient (Wildman–Crippen LogP) is 8.97. The second kappa shape index (κ2) is 11.1. The maximum Gasteiger partial charge on any atom is 0.427 e. The number of aromatic nitrogens is 1. The van der Waals surface area contributed by atoms with Crippen LogP contribution in [0.4, 0.5) is 17.6 Å². The Bertz CT molecular complexity index is 1630. The quantitative estimate of drug-likeness (QED) is 0.196. The number of benzene rings is 3. The van der Waals surface area contributed by atoms with Crippen molar-refractivity contribution in [3.63, 3.8) is 0 Å². The van der Waals surface area contributed by atoms with Crippen LogP contribution in [0.15, 0.2) is 54.6 Å². The first kappa shape index (κ1) is 29.6. The summed E-state index contributed by atoms with van der Waals surface area (Å²) in [5.41, 5.74) is -0.885. The maximum atomic E-state index is 13.9. The number of carboxylic acids is 1. The molecule has 5 nitrogen and oxygen atoms in total. The van der Waals surface area contributed by atoms with E-state index in [0.717, 1.165) is 6.07 Å². The Morgan fingerprint density at radius 3 is 2.34 bits per heavy atom. The van der Waals surface area contributed by atoms with Crippen LogP contribution in [0.25, 0.3) is 11.3 Å². The van der Waals surface area contributed by atoms with Crippen molar-refractivity contribution in [2.75, 3.05) is 0 Å². The van der Waals surface area contributed by atoms with Gasteiger partial charge in [0, 0.05) is 16.7 Å². The van der Waals surface area contributed by atoms with Gasteiger partial charge in [0.15, 0.2) is 0 Å². The normalized spacial score (nSPS) is 18.7. The van der Waals surface area contributed by atoms with Gasteiger partial charge in [0.1, 0.15) is 23.1 Å². The molecule has 0 saturated heterocycles. The van der Waals surface area contributed by atoms with Crippen molar-refractivity contribution in [2.24, 2.45) is 0 Å². The largest absolute Gasteiger partial charge is 0.489 e. The Morgan fingerprint density at radius 2 is 1.73 bits per heavy atom. The monoisotopic (exact) mass is 645 g/mol. The summed E-state index contributed by atoms with van der Waals surface area (Å²) in [6.45, 7) is -0.518. The van der Waals surface area contributed by atoms with Crippen LogP contribution in [-0.4, -0.2) is 20.6 Å². The molecule has 4 aromatic rings. The van der Waals surface area contributed by atoms with Crippen LogP contribution in [0.3, 0.4) is 0 Å². The third kappa shape index (κ3) is 5.89. The van der Waals surface area contributed by atoms with Gasteiger partial charge in [-0.3, -0.25) is 0 Å². The number of alkyl halides is 3. The summed E-state index contributed by atoms with van der Waals surface area (Å²) in [7, 11) is 0. The molecule has 0 bridgehead atoms. The second-order valence-electron chi connectivity index (χ2n) is 9.58. The van der Waals surface area contributed by atoms with Crippen molar-refractivity contribution in [1.82, 2.24) is 4.37 Å². The van der Waals surface area contributed by atoms with Gasteiger partial charge >= 0.3 is 12.1 Å². The summed E-state index contributed by atoms with van der Waals surface area (Å²) in [5.74, 6) is -2.11. The Balaban J connectivity index is 1.36. The van der Waals surface area contributed by atoms with Gasteiger partial charge in [-0.1, -0.05) is 46.9 Å². The van der Waals surface area contributed by atoms with Crippen LogP contribution < -0.4 is 4.74 Å². The molecule has 41 heavy (non-hydrogen) atoms. The van der Waals surface area contributed by atoms with Gasteiger partial charge in [-0.2, -0.15) is 17.5 Å². The predicted molar refractivity (Wildman–Crippen MR) is 148 cm³/mol. The number of ether oxygens (including phenoxy) is 1. The molecule has 2 N–H and O–H groups in total. The fourth-order valence-electron chi connectivity index (χ4n) is 4.89. The second-order valence-corrected chi connectivity index (χ2v) is 11.6. The minimum Gasteiger partial charge on any atom is -0.489 e. The van der Waals surface area contributed by atoms with E-state index < -0.39 is 35.0 Å². The molecule has 1 aromatic heterocycles.